The van der Waals surface area contributed by atoms with Crippen LogP contribution in [0.4, 0.5) is 0 Å². The maximum Gasteiger partial charge on any atom is 0.137 e. The lowest BCUT2D eigenvalue weighted by atomic mass is 10.1. The van der Waals surface area contributed by atoms with E-state index in [2.05, 4.69) is 16.4 Å². The molecule has 1 N–H and O–H groups in total. The molecule has 3 atom stereocenters. The smallest absolute Gasteiger partial charge is 0.137 e. The summed E-state index contributed by atoms with van der Waals surface area (Å²) >= 11 is 5.88. The van der Waals surface area contributed by atoms with E-state index in [0.29, 0.717) is 17.9 Å². The van der Waals surface area contributed by atoms with Gasteiger partial charge < -0.3 is 14.8 Å². The molecule has 1 aliphatic carbocycles. The van der Waals surface area contributed by atoms with Crippen LogP contribution >= 0.6 is 11.6 Å². The molecule has 4 nitrogen and oxygen atoms in total. The maximum atomic E-state index is 5.88. The lowest BCUT2D eigenvalue weighted by Crippen LogP contribution is -2.46. The summed E-state index contributed by atoms with van der Waals surface area (Å²) in [6.45, 7) is 2.57. The summed E-state index contributed by atoms with van der Waals surface area (Å²) in [7, 11) is 0. The molecule has 3 unspecified atom stereocenters. The quantitative estimate of drug-likeness (QED) is 0.773. The first-order valence-corrected chi connectivity index (χ1v) is 9.35. The summed E-state index contributed by atoms with van der Waals surface area (Å²) in [5.74, 6) is 3.03. The molecule has 5 heteroatoms. The third kappa shape index (κ3) is 4.44. The van der Waals surface area contributed by atoms with Crippen molar-refractivity contribution in [3.05, 3.63) is 53.3 Å². The Bertz CT molecular complexity index is 703. The van der Waals surface area contributed by atoms with Gasteiger partial charge in [-0.2, -0.15) is 0 Å². The summed E-state index contributed by atoms with van der Waals surface area (Å²) < 4.78 is 11.6. The summed E-state index contributed by atoms with van der Waals surface area (Å²) in [6, 6.07) is 10.2. The van der Waals surface area contributed by atoms with Gasteiger partial charge in [-0.1, -0.05) is 11.6 Å². The van der Waals surface area contributed by atoms with Crippen LogP contribution in [0.5, 0.6) is 11.5 Å². The second-order valence-corrected chi connectivity index (χ2v) is 7.33. The average molecular weight is 359 g/mol. The molecule has 0 radical (unpaired) electrons. The SMILES string of the molecule is Clc1ccc(OCCC2CC2c2cncc(OCC3CCN3)c2)cc1. The molecule has 2 fully saturated rings. The van der Waals surface area contributed by atoms with Crippen LogP contribution in [0, 0.1) is 5.92 Å². The summed E-state index contributed by atoms with van der Waals surface area (Å²) in [4.78, 5) is 4.35. The van der Waals surface area contributed by atoms with Crippen molar-refractivity contribution in [2.24, 2.45) is 5.92 Å². The molecular weight excluding hydrogens is 336 g/mol. The van der Waals surface area contributed by atoms with E-state index in [1.807, 2.05) is 36.7 Å². The molecule has 0 amide bonds. The van der Waals surface area contributed by atoms with E-state index in [4.69, 9.17) is 21.1 Å². The minimum Gasteiger partial charge on any atom is -0.494 e. The molecule has 1 aromatic carbocycles. The fourth-order valence-corrected chi connectivity index (χ4v) is 3.36. The van der Waals surface area contributed by atoms with E-state index in [1.165, 1.54) is 18.4 Å². The van der Waals surface area contributed by atoms with Crippen LogP contribution in [0.2, 0.25) is 5.02 Å². The highest BCUT2D eigenvalue weighted by Gasteiger charge is 2.38. The van der Waals surface area contributed by atoms with E-state index in [-0.39, 0.29) is 0 Å². The van der Waals surface area contributed by atoms with Gasteiger partial charge in [0.1, 0.15) is 18.1 Å². The molecule has 1 saturated heterocycles. The predicted octanol–water partition coefficient (Wildman–Crippen LogP) is 4.05. The van der Waals surface area contributed by atoms with E-state index >= 15 is 0 Å². The third-order valence-electron chi connectivity index (χ3n) is 5.03. The molecular formula is C20H23ClN2O2. The standard InChI is InChI=1S/C20H23ClN2O2/c21-16-1-3-18(4-2-16)24-8-6-14-10-20(14)15-9-19(12-22-11-15)25-13-17-5-7-23-17/h1-4,9,11-12,14,17,20,23H,5-8,10,13H2. The fraction of sp³-hybridized carbons (Fsp3) is 0.450. The number of ether oxygens (including phenoxy) is 2. The lowest BCUT2D eigenvalue weighted by molar-refractivity contribution is 0.216. The third-order valence-corrected chi connectivity index (χ3v) is 5.29. The van der Waals surface area contributed by atoms with Crippen LogP contribution in [0.25, 0.3) is 0 Å². The zero-order valence-electron chi connectivity index (χ0n) is 14.2. The van der Waals surface area contributed by atoms with Gasteiger partial charge in [-0.3, -0.25) is 4.98 Å². The van der Waals surface area contributed by atoms with Crippen LogP contribution in [0.15, 0.2) is 42.7 Å². The first kappa shape index (κ1) is 16.7. The Morgan fingerprint density at radius 1 is 1.12 bits per heavy atom. The Balaban J connectivity index is 1.22. The number of nitrogens with one attached hydrogen (secondary N) is 1. The van der Waals surface area contributed by atoms with Crippen molar-refractivity contribution in [2.75, 3.05) is 19.8 Å². The maximum absolute atomic E-state index is 5.88. The number of hydrogen-bond donors (Lipinski definition) is 1. The number of pyridine rings is 1. The highest BCUT2D eigenvalue weighted by atomic mass is 35.5. The van der Waals surface area contributed by atoms with Crippen molar-refractivity contribution in [1.82, 2.24) is 10.3 Å². The largest absolute Gasteiger partial charge is 0.494 e. The van der Waals surface area contributed by atoms with Gasteiger partial charge in [-0.15, -0.1) is 0 Å². The average Bonchev–Trinajstić information content (AvgIpc) is 3.35. The fourth-order valence-electron chi connectivity index (χ4n) is 3.24. The van der Waals surface area contributed by atoms with E-state index < -0.39 is 0 Å². The normalized spacial score (nSPS) is 24.4. The van der Waals surface area contributed by atoms with Gasteiger partial charge in [0.2, 0.25) is 0 Å². The number of aromatic nitrogens is 1. The second kappa shape index (κ2) is 7.63. The second-order valence-electron chi connectivity index (χ2n) is 6.90. The summed E-state index contributed by atoms with van der Waals surface area (Å²) in [6.07, 6.45) is 7.25. The van der Waals surface area contributed by atoms with Crippen LogP contribution < -0.4 is 14.8 Å². The zero-order chi connectivity index (χ0) is 17.1. The molecule has 0 bridgehead atoms. The van der Waals surface area contributed by atoms with Crippen molar-refractivity contribution >= 4 is 11.6 Å². The number of hydrogen-bond acceptors (Lipinski definition) is 4. The number of benzene rings is 1. The highest BCUT2D eigenvalue weighted by Crippen LogP contribution is 2.49. The van der Waals surface area contributed by atoms with Crippen LogP contribution in [0.1, 0.15) is 30.7 Å². The molecule has 0 spiro atoms. The number of nitrogens with zero attached hydrogens (tertiary/aromatic N) is 1. The van der Waals surface area contributed by atoms with Gasteiger partial charge in [0.05, 0.1) is 12.8 Å². The van der Waals surface area contributed by atoms with Gasteiger partial charge in [0.25, 0.3) is 0 Å². The molecule has 1 saturated carbocycles. The molecule has 1 aliphatic heterocycles. The number of rotatable bonds is 8. The van der Waals surface area contributed by atoms with Gasteiger partial charge >= 0.3 is 0 Å². The molecule has 2 aromatic rings. The van der Waals surface area contributed by atoms with Gasteiger partial charge in [0.15, 0.2) is 0 Å². The Morgan fingerprint density at radius 2 is 1.96 bits per heavy atom. The Morgan fingerprint density at radius 3 is 2.72 bits per heavy atom. The van der Waals surface area contributed by atoms with Crippen molar-refractivity contribution < 1.29 is 9.47 Å². The van der Waals surface area contributed by atoms with E-state index in [1.54, 1.807) is 0 Å². The van der Waals surface area contributed by atoms with E-state index in [0.717, 1.165) is 42.7 Å². The van der Waals surface area contributed by atoms with Crippen molar-refractivity contribution in [1.29, 1.82) is 0 Å². The molecule has 1 aromatic heterocycles. The van der Waals surface area contributed by atoms with Crippen molar-refractivity contribution in [2.45, 2.75) is 31.2 Å². The minimum absolute atomic E-state index is 0.502. The van der Waals surface area contributed by atoms with Gasteiger partial charge in [-0.25, -0.2) is 0 Å². The zero-order valence-corrected chi connectivity index (χ0v) is 14.9. The first-order valence-electron chi connectivity index (χ1n) is 8.97. The molecule has 25 heavy (non-hydrogen) atoms. The molecule has 2 heterocycles. The lowest BCUT2D eigenvalue weighted by Gasteiger charge is -2.27. The van der Waals surface area contributed by atoms with Gasteiger partial charge in [0, 0.05) is 17.3 Å². The Kier molecular flexibility index (Phi) is 5.09. The van der Waals surface area contributed by atoms with Crippen LogP contribution in [0.3, 0.4) is 0 Å². The minimum atomic E-state index is 0.502. The Hall–Kier alpha value is -1.78. The monoisotopic (exact) mass is 358 g/mol. The van der Waals surface area contributed by atoms with Crippen LogP contribution in [-0.2, 0) is 0 Å². The van der Waals surface area contributed by atoms with Crippen LogP contribution in [-0.4, -0.2) is 30.8 Å². The van der Waals surface area contributed by atoms with E-state index in [9.17, 15) is 0 Å². The summed E-state index contributed by atoms with van der Waals surface area (Å²) in [5.41, 5.74) is 1.29. The number of halogens is 1. The van der Waals surface area contributed by atoms with Gasteiger partial charge in [-0.05, 0) is 73.5 Å². The first-order chi connectivity index (χ1) is 12.3. The summed E-state index contributed by atoms with van der Waals surface area (Å²) in [5, 5.41) is 4.08. The van der Waals surface area contributed by atoms with Crippen molar-refractivity contribution in [3.63, 3.8) is 0 Å². The highest BCUT2D eigenvalue weighted by molar-refractivity contribution is 6.30. The topological polar surface area (TPSA) is 43.4 Å². The predicted molar refractivity (Wildman–Crippen MR) is 98.6 cm³/mol. The molecule has 2 aliphatic rings. The molecule has 132 valence electrons. The Labute approximate surface area is 153 Å². The molecule has 4 rings (SSSR count). The van der Waals surface area contributed by atoms with Crippen molar-refractivity contribution in [3.8, 4) is 11.5 Å².